The average Bonchev–Trinajstić information content (AvgIpc) is 3.11. The molecule has 118 valence electrons. The molecule has 5 heteroatoms. The van der Waals surface area contributed by atoms with E-state index in [1.807, 2.05) is 36.4 Å². The van der Waals surface area contributed by atoms with Crippen molar-refractivity contribution in [1.29, 1.82) is 0 Å². The summed E-state index contributed by atoms with van der Waals surface area (Å²) in [4.78, 5) is 23.0. The van der Waals surface area contributed by atoms with Crippen LogP contribution in [0, 0.1) is 0 Å². The maximum absolute atomic E-state index is 11.7. The molecule has 4 nitrogen and oxygen atoms in total. The summed E-state index contributed by atoms with van der Waals surface area (Å²) >= 11 is 0.696. The second-order valence-electron chi connectivity index (χ2n) is 5.61. The van der Waals surface area contributed by atoms with Crippen molar-refractivity contribution in [3.63, 3.8) is 0 Å². The van der Waals surface area contributed by atoms with Gasteiger partial charge in [0.05, 0.1) is 5.70 Å². The third-order valence-corrected chi connectivity index (χ3v) is 4.64. The van der Waals surface area contributed by atoms with Crippen LogP contribution in [0.2, 0.25) is 0 Å². The van der Waals surface area contributed by atoms with E-state index in [4.69, 9.17) is 0 Å². The predicted octanol–water partition coefficient (Wildman–Crippen LogP) is 4.01. The van der Waals surface area contributed by atoms with Crippen LogP contribution in [0.1, 0.15) is 11.1 Å². The zero-order chi connectivity index (χ0) is 16.5. The van der Waals surface area contributed by atoms with Gasteiger partial charge in [0.1, 0.15) is 0 Å². The topological polar surface area (TPSA) is 51.1 Å². The number of hydrogen-bond acceptors (Lipinski definition) is 3. The summed E-state index contributed by atoms with van der Waals surface area (Å²) < 4.78 is 2.18. The van der Waals surface area contributed by atoms with Crippen LogP contribution in [0.15, 0.2) is 66.5 Å². The third-order valence-electron chi connectivity index (χ3n) is 3.95. The van der Waals surface area contributed by atoms with E-state index in [2.05, 4.69) is 34.3 Å². The molecule has 0 spiro atoms. The first kappa shape index (κ1) is 14.8. The summed E-state index contributed by atoms with van der Waals surface area (Å²) in [5, 5.41) is 3.16. The number of nitrogens with one attached hydrogen (secondary N) is 1. The molecule has 4 rings (SSSR count). The Morgan fingerprint density at radius 1 is 1.04 bits per heavy atom. The minimum atomic E-state index is -0.320. The van der Waals surface area contributed by atoms with E-state index in [1.54, 1.807) is 6.08 Å². The molecule has 0 unspecified atom stereocenters. The third kappa shape index (κ3) is 2.86. The highest BCUT2D eigenvalue weighted by atomic mass is 32.2. The molecule has 0 bridgehead atoms. The fraction of sp³-hybridized carbons (Fsp3) is 0.0526. The summed E-state index contributed by atoms with van der Waals surface area (Å²) in [6, 6.07) is 18.4. The molecule has 0 radical (unpaired) electrons. The van der Waals surface area contributed by atoms with Crippen molar-refractivity contribution in [1.82, 2.24) is 9.88 Å². The Labute approximate surface area is 143 Å². The quantitative estimate of drug-likeness (QED) is 0.736. The number of carbonyl (C=O) groups is 2. The van der Waals surface area contributed by atoms with Gasteiger partial charge in [-0.1, -0.05) is 42.5 Å². The van der Waals surface area contributed by atoms with Gasteiger partial charge in [-0.15, -0.1) is 0 Å². The Kier molecular flexibility index (Phi) is 3.70. The Bertz CT molecular complexity index is 973. The lowest BCUT2D eigenvalue weighted by Crippen LogP contribution is -2.10. The molecule has 1 amide bonds. The molecule has 24 heavy (non-hydrogen) atoms. The van der Waals surface area contributed by atoms with Gasteiger partial charge >= 0.3 is 0 Å². The van der Waals surface area contributed by atoms with Crippen LogP contribution in [0.5, 0.6) is 0 Å². The van der Waals surface area contributed by atoms with Crippen LogP contribution in [0.25, 0.3) is 17.0 Å². The zero-order valence-corrected chi connectivity index (χ0v) is 13.5. The summed E-state index contributed by atoms with van der Waals surface area (Å²) in [5.74, 6) is 0. The lowest BCUT2D eigenvalue weighted by atomic mass is 10.1. The molecular formula is C19H14N2O2S. The molecule has 3 aromatic rings. The Hall–Kier alpha value is -2.79. The first-order valence-electron chi connectivity index (χ1n) is 7.57. The lowest BCUT2D eigenvalue weighted by Gasteiger charge is -2.06. The molecular weight excluding hydrogens is 320 g/mol. The number of carbonyl (C=O) groups excluding carboxylic acids is 2. The van der Waals surface area contributed by atoms with Crippen molar-refractivity contribution in [2.75, 3.05) is 0 Å². The average molecular weight is 334 g/mol. The van der Waals surface area contributed by atoms with Crippen LogP contribution in [0.4, 0.5) is 4.79 Å². The van der Waals surface area contributed by atoms with Crippen LogP contribution in [-0.2, 0) is 11.3 Å². The number of nitrogens with zero attached hydrogens (tertiary/aromatic N) is 1. The summed E-state index contributed by atoms with van der Waals surface area (Å²) in [6.45, 7) is 0.788. The summed E-state index contributed by atoms with van der Waals surface area (Å²) in [7, 11) is 0. The van der Waals surface area contributed by atoms with Crippen molar-refractivity contribution in [3.8, 4) is 0 Å². The van der Waals surface area contributed by atoms with Crippen LogP contribution in [-0.4, -0.2) is 14.9 Å². The van der Waals surface area contributed by atoms with E-state index < -0.39 is 0 Å². The van der Waals surface area contributed by atoms with Crippen molar-refractivity contribution < 1.29 is 9.59 Å². The fourth-order valence-electron chi connectivity index (χ4n) is 2.80. The second kappa shape index (κ2) is 6.02. The minimum absolute atomic E-state index is 0.236. The van der Waals surface area contributed by atoms with E-state index >= 15 is 0 Å². The monoisotopic (exact) mass is 334 g/mol. The molecule has 1 saturated heterocycles. The molecule has 0 aliphatic carbocycles. The van der Waals surface area contributed by atoms with E-state index in [0.29, 0.717) is 17.5 Å². The highest BCUT2D eigenvalue weighted by Gasteiger charge is 2.25. The normalized spacial score (nSPS) is 16.1. The first-order valence-corrected chi connectivity index (χ1v) is 8.38. The zero-order valence-electron chi connectivity index (χ0n) is 12.7. The van der Waals surface area contributed by atoms with Crippen molar-refractivity contribution in [3.05, 3.63) is 77.6 Å². The van der Waals surface area contributed by atoms with Gasteiger partial charge in [0.15, 0.2) is 0 Å². The van der Waals surface area contributed by atoms with E-state index in [9.17, 15) is 9.59 Å². The molecule has 1 fully saturated rings. The molecule has 1 N–H and O–H groups in total. The Morgan fingerprint density at radius 2 is 1.88 bits per heavy atom. The standard InChI is InChI=1S/C19H14N2O2S/c22-18-16(20-19(23)24-18)10-14-6-7-15-8-9-21(17(15)11-14)12-13-4-2-1-3-5-13/h1-11H,12H2,(H,20,23). The lowest BCUT2D eigenvalue weighted by molar-refractivity contribution is -0.107. The number of aromatic nitrogens is 1. The first-order chi connectivity index (χ1) is 11.7. The number of fused-ring (bicyclic) bond motifs is 1. The maximum Gasteiger partial charge on any atom is 0.291 e. The van der Waals surface area contributed by atoms with E-state index in [0.717, 1.165) is 23.0 Å². The fourth-order valence-corrected chi connectivity index (χ4v) is 3.35. The van der Waals surface area contributed by atoms with Crippen LogP contribution >= 0.6 is 11.8 Å². The van der Waals surface area contributed by atoms with Gasteiger partial charge in [0.2, 0.25) is 5.12 Å². The van der Waals surface area contributed by atoms with Crippen molar-refractivity contribution >= 4 is 39.1 Å². The van der Waals surface area contributed by atoms with Gasteiger partial charge < -0.3 is 9.88 Å². The Balaban J connectivity index is 1.70. The SMILES string of the molecule is O=C1NC(=Cc2ccc3ccn(Cc4ccccc4)c3c2)C(=O)S1. The smallest absolute Gasteiger partial charge is 0.291 e. The van der Waals surface area contributed by atoms with Gasteiger partial charge in [-0.05, 0) is 34.7 Å². The van der Waals surface area contributed by atoms with Crippen molar-refractivity contribution in [2.24, 2.45) is 0 Å². The number of benzene rings is 2. The second-order valence-corrected chi connectivity index (χ2v) is 6.55. The molecule has 2 aromatic carbocycles. The largest absolute Gasteiger partial charge is 0.343 e. The van der Waals surface area contributed by atoms with E-state index in [-0.39, 0.29) is 10.4 Å². The number of thioether (sulfide) groups is 1. The van der Waals surface area contributed by atoms with Gasteiger partial charge in [-0.2, -0.15) is 0 Å². The molecule has 1 aliphatic heterocycles. The molecule has 1 aromatic heterocycles. The number of amides is 1. The molecule has 2 heterocycles. The maximum atomic E-state index is 11.7. The minimum Gasteiger partial charge on any atom is -0.343 e. The van der Waals surface area contributed by atoms with Gasteiger partial charge in [0.25, 0.3) is 5.24 Å². The number of hydrogen-bond donors (Lipinski definition) is 1. The van der Waals surface area contributed by atoms with Crippen LogP contribution in [0.3, 0.4) is 0 Å². The van der Waals surface area contributed by atoms with Crippen molar-refractivity contribution in [2.45, 2.75) is 6.54 Å². The highest BCUT2D eigenvalue weighted by Crippen LogP contribution is 2.24. The molecule has 1 aliphatic rings. The summed E-state index contributed by atoms with van der Waals surface area (Å²) in [6.07, 6.45) is 3.78. The highest BCUT2D eigenvalue weighted by molar-refractivity contribution is 8.27. The molecule has 0 atom stereocenters. The molecule has 0 saturated carbocycles. The predicted molar refractivity (Wildman–Crippen MR) is 96.6 cm³/mol. The van der Waals surface area contributed by atoms with E-state index in [1.165, 1.54) is 5.56 Å². The van der Waals surface area contributed by atoms with Gasteiger partial charge in [-0.3, -0.25) is 9.59 Å². The van der Waals surface area contributed by atoms with Gasteiger partial charge in [-0.25, -0.2) is 0 Å². The van der Waals surface area contributed by atoms with Gasteiger partial charge in [0, 0.05) is 30.0 Å². The Morgan fingerprint density at radius 3 is 2.62 bits per heavy atom. The van der Waals surface area contributed by atoms with Crippen LogP contribution < -0.4 is 5.32 Å². The summed E-state index contributed by atoms with van der Waals surface area (Å²) in [5.41, 5.74) is 3.55. The number of rotatable bonds is 3.